The first-order chi connectivity index (χ1) is 13.5. The highest BCUT2D eigenvalue weighted by molar-refractivity contribution is 6.30. The van der Waals surface area contributed by atoms with Crippen LogP contribution in [0.2, 0.25) is 5.02 Å². The van der Waals surface area contributed by atoms with E-state index in [-0.39, 0.29) is 24.4 Å². The van der Waals surface area contributed by atoms with E-state index < -0.39 is 0 Å². The maximum absolute atomic E-state index is 12.5. The van der Waals surface area contributed by atoms with Gasteiger partial charge in [-0.1, -0.05) is 23.7 Å². The molecule has 2 amide bonds. The number of anilines is 1. The minimum Gasteiger partial charge on any atom is -0.496 e. The molecule has 6 nitrogen and oxygen atoms in total. The number of carbonyl (C=O) groups excluding carboxylic acids is 2. The molecule has 2 N–H and O–H groups in total. The highest BCUT2D eigenvalue weighted by Gasteiger charge is 2.25. The number of benzene rings is 2. The van der Waals surface area contributed by atoms with Gasteiger partial charge in [-0.05, 0) is 50.2 Å². The highest BCUT2D eigenvalue weighted by Crippen LogP contribution is 2.24. The third kappa shape index (κ3) is 5.47. The van der Waals surface area contributed by atoms with Gasteiger partial charge in [-0.15, -0.1) is 0 Å². The highest BCUT2D eigenvalue weighted by atomic mass is 35.5. The SMILES string of the molecule is COc1ccc(Cl)cc1CN(C)CC(=O)Nc1ccccc1C(=O)NC1CC1. The molecule has 1 fully saturated rings. The Balaban J connectivity index is 1.61. The minimum atomic E-state index is -0.199. The van der Waals surface area contributed by atoms with Crippen molar-refractivity contribution < 1.29 is 14.3 Å². The topological polar surface area (TPSA) is 70.7 Å². The number of methoxy groups -OCH3 is 1. The predicted molar refractivity (Wildman–Crippen MR) is 110 cm³/mol. The molecule has 3 rings (SSSR count). The molecule has 0 atom stereocenters. The lowest BCUT2D eigenvalue weighted by Crippen LogP contribution is -2.31. The minimum absolute atomic E-state index is 0.157. The lowest BCUT2D eigenvalue weighted by atomic mass is 10.1. The lowest BCUT2D eigenvalue weighted by molar-refractivity contribution is -0.117. The Hall–Kier alpha value is -2.57. The summed E-state index contributed by atoms with van der Waals surface area (Å²) >= 11 is 6.07. The van der Waals surface area contributed by atoms with Crippen molar-refractivity contribution in [1.29, 1.82) is 0 Å². The molecule has 2 aromatic rings. The number of para-hydroxylation sites is 1. The van der Waals surface area contributed by atoms with E-state index in [1.807, 2.05) is 18.0 Å². The van der Waals surface area contributed by atoms with Gasteiger partial charge in [0.1, 0.15) is 5.75 Å². The molecule has 1 aliphatic rings. The van der Waals surface area contributed by atoms with Crippen LogP contribution in [0, 0.1) is 0 Å². The van der Waals surface area contributed by atoms with Crippen molar-refractivity contribution in [3.05, 3.63) is 58.6 Å². The van der Waals surface area contributed by atoms with Gasteiger partial charge in [-0.3, -0.25) is 14.5 Å². The maximum Gasteiger partial charge on any atom is 0.253 e. The Bertz CT molecular complexity index is 868. The number of nitrogens with one attached hydrogen (secondary N) is 2. The molecule has 0 spiro atoms. The van der Waals surface area contributed by atoms with Crippen LogP contribution in [0.3, 0.4) is 0 Å². The second-order valence-corrected chi connectivity index (χ2v) is 7.41. The molecule has 0 radical (unpaired) electrons. The van der Waals surface area contributed by atoms with E-state index in [1.165, 1.54) is 0 Å². The molecule has 148 valence electrons. The predicted octanol–water partition coefficient (Wildman–Crippen LogP) is 3.31. The maximum atomic E-state index is 12.5. The number of ether oxygens (including phenoxy) is 1. The van der Waals surface area contributed by atoms with Gasteiger partial charge in [-0.25, -0.2) is 0 Å². The van der Waals surface area contributed by atoms with Gasteiger partial charge < -0.3 is 15.4 Å². The second-order valence-electron chi connectivity index (χ2n) is 6.97. The largest absolute Gasteiger partial charge is 0.496 e. The summed E-state index contributed by atoms with van der Waals surface area (Å²) in [5.74, 6) is 0.365. The molecule has 0 saturated heterocycles. The van der Waals surface area contributed by atoms with Gasteiger partial charge in [0.05, 0.1) is 24.9 Å². The first kappa shape index (κ1) is 20.2. The van der Waals surface area contributed by atoms with E-state index in [0.29, 0.717) is 22.8 Å². The molecular weight excluding hydrogens is 378 g/mol. The van der Waals surface area contributed by atoms with E-state index in [0.717, 1.165) is 24.2 Å². The van der Waals surface area contributed by atoms with Crippen molar-refractivity contribution in [1.82, 2.24) is 10.2 Å². The summed E-state index contributed by atoms with van der Waals surface area (Å²) in [6.45, 7) is 0.662. The summed E-state index contributed by atoms with van der Waals surface area (Å²) in [5, 5.41) is 6.41. The average Bonchev–Trinajstić information content (AvgIpc) is 3.46. The van der Waals surface area contributed by atoms with Crippen molar-refractivity contribution >= 4 is 29.1 Å². The zero-order chi connectivity index (χ0) is 20.1. The van der Waals surface area contributed by atoms with E-state index in [9.17, 15) is 9.59 Å². The molecule has 2 aromatic carbocycles. The molecule has 28 heavy (non-hydrogen) atoms. The number of halogens is 1. The normalized spacial score (nSPS) is 13.3. The van der Waals surface area contributed by atoms with Crippen molar-refractivity contribution in [3.8, 4) is 5.75 Å². The number of rotatable bonds is 8. The molecule has 7 heteroatoms. The molecule has 1 saturated carbocycles. The summed E-state index contributed by atoms with van der Waals surface area (Å²) in [6.07, 6.45) is 2.02. The van der Waals surface area contributed by atoms with Crippen molar-refractivity contribution in [2.75, 3.05) is 26.0 Å². The first-order valence-electron chi connectivity index (χ1n) is 9.17. The van der Waals surface area contributed by atoms with Crippen LogP contribution in [0.5, 0.6) is 5.75 Å². The number of carbonyl (C=O) groups is 2. The zero-order valence-electron chi connectivity index (χ0n) is 16.0. The van der Waals surface area contributed by atoms with E-state index in [4.69, 9.17) is 16.3 Å². The van der Waals surface area contributed by atoms with Gasteiger partial charge >= 0.3 is 0 Å². The fourth-order valence-electron chi connectivity index (χ4n) is 2.93. The number of amides is 2. The summed E-state index contributed by atoms with van der Waals surface area (Å²) in [5.41, 5.74) is 1.89. The molecule has 0 bridgehead atoms. The monoisotopic (exact) mass is 401 g/mol. The standard InChI is InChI=1S/C21H24ClN3O3/c1-25(12-14-11-15(22)7-10-19(14)28-2)13-20(26)24-18-6-4-3-5-17(18)21(27)23-16-8-9-16/h3-7,10-11,16H,8-9,12-13H2,1-2H3,(H,23,27)(H,24,26). The fourth-order valence-corrected chi connectivity index (χ4v) is 3.13. The van der Waals surface area contributed by atoms with Crippen LogP contribution in [-0.4, -0.2) is 43.5 Å². The van der Waals surface area contributed by atoms with Gasteiger partial charge in [0, 0.05) is 23.2 Å². The van der Waals surface area contributed by atoms with Crippen molar-refractivity contribution in [2.45, 2.75) is 25.4 Å². The Kier molecular flexibility index (Phi) is 6.54. The van der Waals surface area contributed by atoms with Crippen LogP contribution < -0.4 is 15.4 Å². The van der Waals surface area contributed by atoms with Gasteiger partial charge in [-0.2, -0.15) is 0 Å². The van der Waals surface area contributed by atoms with E-state index >= 15 is 0 Å². The quantitative estimate of drug-likeness (QED) is 0.712. The average molecular weight is 402 g/mol. The summed E-state index contributed by atoms with van der Waals surface area (Å²) < 4.78 is 5.35. The number of hydrogen-bond acceptors (Lipinski definition) is 4. The van der Waals surface area contributed by atoms with Crippen LogP contribution in [0.1, 0.15) is 28.8 Å². The summed E-state index contributed by atoms with van der Waals surface area (Å²) in [4.78, 5) is 26.7. The Labute approximate surface area is 169 Å². The van der Waals surface area contributed by atoms with Gasteiger partial charge in [0.15, 0.2) is 0 Å². The Morgan fingerprint density at radius 3 is 2.68 bits per heavy atom. The summed E-state index contributed by atoms with van der Waals surface area (Å²) in [6, 6.07) is 12.7. The van der Waals surface area contributed by atoms with E-state index in [2.05, 4.69) is 10.6 Å². The van der Waals surface area contributed by atoms with Gasteiger partial charge in [0.25, 0.3) is 5.91 Å². The molecule has 0 aliphatic heterocycles. The molecule has 0 heterocycles. The zero-order valence-corrected chi connectivity index (χ0v) is 16.8. The Morgan fingerprint density at radius 2 is 1.96 bits per heavy atom. The number of likely N-dealkylation sites (N-methyl/N-ethyl adjacent to an activating group) is 1. The van der Waals surface area contributed by atoms with Crippen molar-refractivity contribution in [2.24, 2.45) is 0 Å². The van der Waals surface area contributed by atoms with Crippen LogP contribution in [-0.2, 0) is 11.3 Å². The Morgan fingerprint density at radius 1 is 1.21 bits per heavy atom. The second kappa shape index (κ2) is 9.08. The summed E-state index contributed by atoms with van der Waals surface area (Å²) in [7, 11) is 3.44. The van der Waals surface area contributed by atoms with E-state index in [1.54, 1.807) is 43.5 Å². The third-order valence-electron chi connectivity index (χ3n) is 4.45. The fraction of sp³-hybridized carbons (Fsp3) is 0.333. The van der Waals surface area contributed by atoms with Crippen molar-refractivity contribution in [3.63, 3.8) is 0 Å². The molecule has 0 aromatic heterocycles. The first-order valence-corrected chi connectivity index (χ1v) is 9.54. The lowest BCUT2D eigenvalue weighted by Gasteiger charge is -2.19. The number of hydrogen-bond donors (Lipinski definition) is 2. The smallest absolute Gasteiger partial charge is 0.253 e. The molecule has 0 unspecified atom stereocenters. The van der Waals surface area contributed by atoms with Crippen LogP contribution in [0.25, 0.3) is 0 Å². The van der Waals surface area contributed by atoms with Crippen LogP contribution >= 0.6 is 11.6 Å². The number of nitrogens with zero attached hydrogens (tertiary/aromatic N) is 1. The van der Waals surface area contributed by atoms with Crippen LogP contribution in [0.15, 0.2) is 42.5 Å². The third-order valence-corrected chi connectivity index (χ3v) is 4.69. The van der Waals surface area contributed by atoms with Gasteiger partial charge in [0.2, 0.25) is 5.91 Å². The molecule has 1 aliphatic carbocycles. The van der Waals surface area contributed by atoms with Crippen LogP contribution in [0.4, 0.5) is 5.69 Å². The molecular formula is C21H24ClN3O3.